The highest BCUT2D eigenvalue weighted by atomic mass is 16.5. The zero-order chi connectivity index (χ0) is 15.3. The third-order valence-corrected chi connectivity index (χ3v) is 4.01. The lowest BCUT2D eigenvalue weighted by molar-refractivity contribution is 0.163. The van der Waals surface area contributed by atoms with Crippen molar-refractivity contribution >= 4 is 0 Å². The van der Waals surface area contributed by atoms with Gasteiger partial charge in [0.25, 0.3) is 0 Å². The van der Waals surface area contributed by atoms with Crippen LogP contribution in [-0.2, 0) is 11.3 Å². The third kappa shape index (κ3) is 8.23. The first-order valence-corrected chi connectivity index (χ1v) is 8.53. The zero-order valence-electron chi connectivity index (χ0n) is 13.8. The van der Waals surface area contributed by atoms with Crippen molar-refractivity contribution in [2.75, 3.05) is 7.11 Å². The summed E-state index contributed by atoms with van der Waals surface area (Å²) < 4.78 is 5.09. The molecule has 0 radical (unpaired) electrons. The molecule has 21 heavy (non-hydrogen) atoms. The maximum absolute atomic E-state index is 10.2. The van der Waals surface area contributed by atoms with Gasteiger partial charge in [-0.25, -0.2) is 0 Å². The molecular formula is C19H32O2. The lowest BCUT2D eigenvalue weighted by Gasteiger charge is -2.11. The predicted molar refractivity (Wildman–Crippen MR) is 89.3 cm³/mol. The van der Waals surface area contributed by atoms with Crippen LogP contribution in [0.5, 0.6) is 0 Å². The minimum atomic E-state index is -0.318. The molecule has 1 rings (SSSR count). The Morgan fingerprint density at radius 1 is 0.905 bits per heavy atom. The average Bonchev–Trinajstić information content (AvgIpc) is 2.51. The normalized spacial score (nSPS) is 12.5. The van der Waals surface area contributed by atoms with Crippen LogP contribution in [0.2, 0.25) is 0 Å². The molecule has 0 aliphatic heterocycles. The molecule has 0 aromatic heterocycles. The monoisotopic (exact) mass is 292 g/mol. The van der Waals surface area contributed by atoms with Crippen molar-refractivity contribution in [2.45, 2.75) is 77.4 Å². The highest BCUT2D eigenvalue weighted by molar-refractivity contribution is 5.23. The minimum absolute atomic E-state index is 0.318. The van der Waals surface area contributed by atoms with Crippen LogP contribution >= 0.6 is 0 Å². The standard InChI is InChI=1S/C19H32O2/c1-3-4-5-6-7-8-9-10-11-19(20)18-14-12-17(13-15-18)16-21-2/h12-15,19-20H,3-11,16H2,1-2H3. The fraction of sp³-hybridized carbons (Fsp3) is 0.684. The quantitative estimate of drug-likeness (QED) is 0.523. The first kappa shape index (κ1) is 18.2. The van der Waals surface area contributed by atoms with Gasteiger partial charge in [-0.15, -0.1) is 0 Å². The van der Waals surface area contributed by atoms with E-state index in [0.717, 1.165) is 24.0 Å². The van der Waals surface area contributed by atoms with E-state index in [-0.39, 0.29) is 6.10 Å². The van der Waals surface area contributed by atoms with Crippen molar-refractivity contribution < 1.29 is 9.84 Å². The topological polar surface area (TPSA) is 29.5 Å². The molecule has 0 spiro atoms. The molecule has 1 N–H and O–H groups in total. The fourth-order valence-corrected chi connectivity index (χ4v) is 2.64. The summed E-state index contributed by atoms with van der Waals surface area (Å²) in [6.07, 6.45) is 11.0. The summed E-state index contributed by atoms with van der Waals surface area (Å²) in [6, 6.07) is 8.11. The Morgan fingerprint density at radius 3 is 2.05 bits per heavy atom. The molecule has 1 atom stereocenters. The van der Waals surface area contributed by atoms with Crippen LogP contribution < -0.4 is 0 Å². The number of aliphatic hydroxyl groups is 1. The van der Waals surface area contributed by atoms with E-state index in [0.29, 0.717) is 6.61 Å². The SMILES string of the molecule is CCCCCCCCCCC(O)c1ccc(COC)cc1. The Balaban J connectivity index is 2.11. The highest BCUT2D eigenvalue weighted by Crippen LogP contribution is 2.21. The van der Waals surface area contributed by atoms with Gasteiger partial charge >= 0.3 is 0 Å². The van der Waals surface area contributed by atoms with Gasteiger partial charge in [-0.2, -0.15) is 0 Å². The first-order chi connectivity index (χ1) is 10.3. The van der Waals surface area contributed by atoms with Crippen LogP contribution in [0.1, 0.15) is 81.9 Å². The molecule has 0 heterocycles. The third-order valence-electron chi connectivity index (χ3n) is 4.01. The van der Waals surface area contributed by atoms with Crippen LogP contribution in [0.25, 0.3) is 0 Å². The van der Waals surface area contributed by atoms with E-state index in [1.54, 1.807) is 7.11 Å². The first-order valence-electron chi connectivity index (χ1n) is 8.53. The molecule has 2 heteroatoms. The molecule has 0 amide bonds. The van der Waals surface area contributed by atoms with Gasteiger partial charge in [0.05, 0.1) is 12.7 Å². The summed E-state index contributed by atoms with van der Waals surface area (Å²) >= 11 is 0. The van der Waals surface area contributed by atoms with E-state index < -0.39 is 0 Å². The van der Waals surface area contributed by atoms with Crippen molar-refractivity contribution in [1.29, 1.82) is 0 Å². The smallest absolute Gasteiger partial charge is 0.0790 e. The van der Waals surface area contributed by atoms with Crippen molar-refractivity contribution in [2.24, 2.45) is 0 Å². The number of hydrogen-bond acceptors (Lipinski definition) is 2. The number of hydrogen-bond donors (Lipinski definition) is 1. The van der Waals surface area contributed by atoms with Crippen LogP contribution in [0.15, 0.2) is 24.3 Å². The average molecular weight is 292 g/mol. The Hall–Kier alpha value is -0.860. The number of rotatable bonds is 12. The van der Waals surface area contributed by atoms with Gasteiger partial charge in [-0.3, -0.25) is 0 Å². The number of unbranched alkanes of at least 4 members (excludes halogenated alkanes) is 7. The summed E-state index contributed by atoms with van der Waals surface area (Å²) in [7, 11) is 1.70. The summed E-state index contributed by atoms with van der Waals surface area (Å²) in [5.41, 5.74) is 2.18. The van der Waals surface area contributed by atoms with Gasteiger partial charge in [0.1, 0.15) is 0 Å². The Morgan fingerprint density at radius 2 is 1.48 bits per heavy atom. The van der Waals surface area contributed by atoms with E-state index in [1.165, 1.54) is 44.9 Å². The van der Waals surface area contributed by atoms with Crippen molar-refractivity contribution in [3.05, 3.63) is 35.4 Å². The van der Waals surface area contributed by atoms with Gasteiger partial charge in [-0.05, 0) is 17.5 Å². The molecule has 1 aromatic carbocycles. The fourth-order valence-electron chi connectivity index (χ4n) is 2.64. The minimum Gasteiger partial charge on any atom is -0.388 e. The largest absolute Gasteiger partial charge is 0.388 e. The van der Waals surface area contributed by atoms with Crippen LogP contribution in [0.3, 0.4) is 0 Å². The second kappa shape index (κ2) is 11.8. The predicted octanol–water partition coefficient (Wildman–Crippen LogP) is 5.40. The number of benzene rings is 1. The Labute approximate surface area is 130 Å². The van der Waals surface area contributed by atoms with Gasteiger partial charge in [0, 0.05) is 7.11 Å². The van der Waals surface area contributed by atoms with Gasteiger partial charge in [-0.1, -0.05) is 82.6 Å². The summed E-state index contributed by atoms with van der Waals surface area (Å²) in [5, 5.41) is 10.2. The molecule has 0 aliphatic rings. The molecule has 1 aromatic rings. The molecule has 2 nitrogen and oxygen atoms in total. The summed E-state index contributed by atoms with van der Waals surface area (Å²) in [6.45, 7) is 2.89. The Kier molecular flexibility index (Phi) is 10.2. The van der Waals surface area contributed by atoms with Crippen LogP contribution in [0, 0.1) is 0 Å². The van der Waals surface area contributed by atoms with E-state index in [1.807, 2.05) is 24.3 Å². The lowest BCUT2D eigenvalue weighted by atomic mass is 10.0. The number of ether oxygens (including phenoxy) is 1. The maximum Gasteiger partial charge on any atom is 0.0790 e. The number of methoxy groups -OCH3 is 1. The molecule has 0 fully saturated rings. The maximum atomic E-state index is 10.2. The number of aliphatic hydroxyl groups excluding tert-OH is 1. The molecular weight excluding hydrogens is 260 g/mol. The molecule has 0 bridgehead atoms. The zero-order valence-corrected chi connectivity index (χ0v) is 13.8. The molecule has 120 valence electrons. The molecule has 0 aliphatic carbocycles. The highest BCUT2D eigenvalue weighted by Gasteiger charge is 2.07. The molecule has 0 saturated heterocycles. The van der Waals surface area contributed by atoms with Crippen molar-refractivity contribution in [3.8, 4) is 0 Å². The second-order valence-electron chi connectivity index (χ2n) is 5.95. The van der Waals surface area contributed by atoms with E-state index in [9.17, 15) is 5.11 Å². The van der Waals surface area contributed by atoms with Crippen LogP contribution in [-0.4, -0.2) is 12.2 Å². The van der Waals surface area contributed by atoms with Gasteiger partial charge in [0.2, 0.25) is 0 Å². The van der Waals surface area contributed by atoms with Gasteiger partial charge < -0.3 is 9.84 Å². The lowest BCUT2D eigenvalue weighted by Crippen LogP contribution is -1.98. The van der Waals surface area contributed by atoms with E-state index in [2.05, 4.69) is 6.92 Å². The van der Waals surface area contributed by atoms with E-state index in [4.69, 9.17) is 4.74 Å². The van der Waals surface area contributed by atoms with Gasteiger partial charge in [0.15, 0.2) is 0 Å². The van der Waals surface area contributed by atoms with Crippen LogP contribution in [0.4, 0.5) is 0 Å². The second-order valence-corrected chi connectivity index (χ2v) is 5.95. The summed E-state index contributed by atoms with van der Waals surface area (Å²) in [4.78, 5) is 0. The van der Waals surface area contributed by atoms with Crippen molar-refractivity contribution in [1.82, 2.24) is 0 Å². The van der Waals surface area contributed by atoms with E-state index >= 15 is 0 Å². The Bertz CT molecular complexity index is 345. The molecule has 1 unspecified atom stereocenters. The summed E-state index contributed by atoms with van der Waals surface area (Å²) in [5.74, 6) is 0. The molecule has 0 saturated carbocycles. The van der Waals surface area contributed by atoms with Crippen molar-refractivity contribution in [3.63, 3.8) is 0 Å².